The average molecular weight is 350 g/mol. The Morgan fingerprint density at radius 3 is 2.56 bits per heavy atom. The van der Waals surface area contributed by atoms with Crippen LogP contribution in [-0.2, 0) is 9.63 Å². The number of nitrogens with two attached hydrogens (primary N) is 1. The Hall–Kier alpha value is -3.50. The van der Waals surface area contributed by atoms with Crippen molar-refractivity contribution in [2.75, 3.05) is 7.11 Å². The van der Waals surface area contributed by atoms with Crippen molar-refractivity contribution in [1.82, 2.24) is 5.43 Å². The highest BCUT2D eigenvalue weighted by Gasteiger charge is 2.26. The Morgan fingerprint density at radius 1 is 1.40 bits per heavy atom. The molecule has 0 bridgehead atoms. The maximum absolute atomic E-state index is 11.4. The fraction of sp³-hybridized carbons (Fsp3) is 0.286. The van der Waals surface area contributed by atoms with Crippen molar-refractivity contribution in [3.05, 3.63) is 45.5 Å². The molecule has 0 saturated carbocycles. The van der Waals surface area contributed by atoms with Crippen molar-refractivity contribution in [3.8, 4) is 0 Å². The molecule has 0 heterocycles. The van der Waals surface area contributed by atoms with E-state index in [4.69, 9.17) is 5.73 Å². The summed E-state index contributed by atoms with van der Waals surface area (Å²) in [7, 11) is 1.20. The Kier molecular flexibility index (Phi) is 7.00. The molecule has 4 N–H and O–H groups in total. The number of nitrogens with one attached hydrogen (secondary N) is 1. The topological polar surface area (TPSA) is 165 Å². The molecule has 1 aromatic carbocycles. The maximum atomic E-state index is 11.4. The predicted molar refractivity (Wildman–Crippen MR) is 90.9 cm³/mol. The number of hydrogen-bond acceptors (Lipinski definition) is 7. The van der Waals surface area contributed by atoms with Crippen LogP contribution in [0.1, 0.15) is 31.0 Å². The smallest absolute Gasteiger partial charge is 0.358 e. The number of benzene rings is 1. The number of carboxylic acids is 1. The summed E-state index contributed by atoms with van der Waals surface area (Å²) in [5, 5.41) is 29.6. The normalized spacial score (nSPS) is 12.9. The standard InChI is InChI=1S/C14H18N6O5/c1-8(2)16-17-11(13(15)18-20(23)24)9-6-4-5-7-10(9)12(14(21)22)19-25-3/h4-7,11,17H,1-3H3,(H2,15,18)(H,21,22)/b19-12+. The molecular formula is C14H18N6O5. The molecule has 0 aliphatic rings. The lowest BCUT2D eigenvalue weighted by atomic mass is 9.96. The molecule has 1 atom stereocenters. The third-order valence-corrected chi connectivity index (χ3v) is 2.82. The van der Waals surface area contributed by atoms with Gasteiger partial charge in [-0.25, -0.2) is 14.9 Å². The van der Waals surface area contributed by atoms with Crippen LogP contribution < -0.4 is 11.2 Å². The molecule has 11 heteroatoms. The summed E-state index contributed by atoms with van der Waals surface area (Å²) in [5.41, 5.74) is 9.04. The summed E-state index contributed by atoms with van der Waals surface area (Å²) in [6.07, 6.45) is 0. The van der Waals surface area contributed by atoms with Gasteiger partial charge in [-0.15, -0.1) is 0 Å². The number of nitro groups is 1. The molecule has 25 heavy (non-hydrogen) atoms. The molecule has 0 saturated heterocycles. The lowest BCUT2D eigenvalue weighted by molar-refractivity contribution is -0.485. The van der Waals surface area contributed by atoms with E-state index in [1.54, 1.807) is 26.0 Å². The number of carboxylic acid groups (broad SMARTS) is 1. The highest BCUT2D eigenvalue weighted by atomic mass is 16.7. The van der Waals surface area contributed by atoms with E-state index in [0.29, 0.717) is 5.71 Å². The largest absolute Gasteiger partial charge is 0.476 e. The van der Waals surface area contributed by atoms with Gasteiger partial charge in [-0.05, 0) is 19.4 Å². The number of oxime groups is 1. The van der Waals surface area contributed by atoms with Crippen LogP contribution in [0.2, 0.25) is 0 Å². The monoisotopic (exact) mass is 350 g/mol. The van der Waals surface area contributed by atoms with E-state index < -0.39 is 28.6 Å². The quantitative estimate of drug-likeness (QED) is 0.268. The van der Waals surface area contributed by atoms with Gasteiger partial charge in [0, 0.05) is 11.3 Å². The first-order valence-corrected chi connectivity index (χ1v) is 6.96. The zero-order valence-corrected chi connectivity index (χ0v) is 13.8. The number of nitrogens with zero attached hydrogens (tertiary/aromatic N) is 4. The van der Waals surface area contributed by atoms with E-state index in [0.717, 1.165) is 0 Å². The van der Waals surface area contributed by atoms with Gasteiger partial charge in [0.05, 0.1) is 5.10 Å². The molecule has 1 aromatic rings. The molecule has 0 fully saturated rings. The van der Waals surface area contributed by atoms with E-state index in [1.165, 1.54) is 19.2 Å². The number of hydrogen-bond donors (Lipinski definition) is 3. The van der Waals surface area contributed by atoms with Crippen molar-refractivity contribution in [3.63, 3.8) is 0 Å². The predicted octanol–water partition coefficient (Wildman–Crippen LogP) is 0.697. The second-order valence-electron chi connectivity index (χ2n) is 4.90. The number of carbonyl (C=O) groups is 1. The molecule has 0 aromatic heterocycles. The van der Waals surface area contributed by atoms with E-state index in [9.17, 15) is 20.0 Å². The molecule has 11 nitrogen and oxygen atoms in total. The van der Waals surface area contributed by atoms with Crippen LogP contribution in [0.5, 0.6) is 0 Å². The van der Waals surface area contributed by atoms with E-state index in [1.807, 2.05) is 0 Å². The van der Waals surface area contributed by atoms with E-state index in [2.05, 4.69) is 25.6 Å². The zero-order chi connectivity index (χ0) is 19.0. The Balaban J connectivity index is 3.54. The van der Waals surface area contributed by atoms with Crippen LogP contribution in [-0.4, -0.2) is 40.5 Å². The lowest BCUT2D eigenvalue weighted by Crippen LogP contribution is -2.34. The van der Waals surface area contributed by atoms with Crippen molar-refractivity contribution in [1.29, 1.82) is 0 Å². The molecule has 134 valence electrons. The molecule has 0 spiro atoms. The summed E-state index contributed by atoms with van der Waals surface area (Å²) in [4.78, 5) is 26.7. The van der Waals surface area contributed by atoms with Gasteiger partial charge in [0.2, 0.25) is 5.84 Å². The van der Waals surface area contributed by atoms with Gasteiger partial charge in [-0.3, -0.25) is 5.43 Å². The van der Waals surface area contributed by atoms with Crippen molar-refractivity contribution in [2.24, 2.45) is 21.1 Å². The van der Waals surface area contributed by atoms with Gasteiger partial charge in [0.15, 0.2) is 10.7 Å². The molecule has 0 amide bonds. The van der Waals surface area contributed by atoms with Crippen LogP contribution in [0.3, 0.4) is 0 Å². The third kappa shape index (κ3) is 5.57. The Morgan fingerprint density at radius 2 is 2.04 bits per heavy atom. The van der Waals surface area contributed by atoms with E-state index >= 15 is 0 Å². The second-order valence-corrected chi connectivity index (χ2v) is 4.90. The highest BCUT2D eigenvalue weighted by molar-refractivity contribution is 6.42. The van der Waals surface area contributed by atoms with E-state index in [-0.39, 0.29) is 11.1 Å². The first-order valence-electron chi connectivity index (χ1n) is 6.96. The minimum absolute atomic E-state index is 0.153. The van der Waals surface area contributed by atoms with Crippen LogP contribution in [0.15, 0.2) is 39.6 Å². The molecular weight excluding hydrogens is 332 g/mol. The first-order chi connectivity index (χ1) is 11.8. The van der Waals surface area contributed by atoms with Gasteiger partial charge >= 0.3 is 5.97 Å². The fourth-order valence-corrected chi connectivity index (χ4v) is 1.90. The number of amidine groups is 1. The lowest BCUT2D eigenvalue weighted by Gasteiger charge is -2.18. The number of aliphatic carboxylic acids is 1. The summed E-state index contributed by atoms with van der Waals surface area (Å²) < 4.78 is 0. The SMILES string of the molecule is CO/N=C(/C(=O)O)c1ccccc1C(NN=C(C)C)C(N)=N[N+](=O)[O-]. The molecule has 0 radical (unpaired) electrons. The van der Waals surface area contributed by atoms with Crippen molar-refractivity contribution < 1.29 is 19.8 Å². The van der Waals surface area contributed by atoms with Crippen LogP contribution in [0.4, 0.5) is 0 Å². The summed E-state index contributed by atoms with van der Waals surface area (Å²) in [6.45, 7) is 3.40. The highest BCUT2D eigenvalue weighted by Crippen LogP contribution is 2.20. The van der Waals surface area contributed by atoms with Crippen molar-refractivity contribution >= 4 is 23.2 Å². The number of hydrazone groups is 2. The minimum Gasteiger partial charge on any atom is -0.476 e. The third-order valence-electron chi connectivity index (χ3n) is 2.82. The molecule has 1 rings (SSSR count). The second kappa shape index (κ2) is 8.96. The summed E-state index contributed by atoms with van der Waals surface area (Å²) >= 11 is 0. The van der Waals surface area contributed by atoms with Gasteiger partial charge in [-0.1, -0.05) is 29.4 Å². The first kappa shape index (κ1) is 19.5. The van der Waals surface area contributed by atoms with Gasteiger partial charge < -0.3 is 15.7 Å². The van der Waals surface area contributed by atoms with Gasteiger partial charge in [0.25, 0.3) is 0 Å². The number of rotatable bonds is 8. The molecule has 1 unspecified atom stereocenters. The molecule has 0 aliphatic carbocycles. The Labute approximate surface area is 143 Å². The van der Waals surface area contributed by atoms with Crippen LogP contribution >= 0.6 is 0 Å². The fourth-order valence-electron chi connectivity index (χ4n) is 1.90. The van der Waals surface area contributed by atoms with Crippen molar-refractivity contribution in [2.45, 2.75) is 19.9 Å². The minimum atomic E-state index is -1.34. The summed E-state index contributed by atoms with van der Waals surface area (Å²) in [5.74, 6) is -1.74. The molecule has 0 aliphatic heterocycles. The van der Waals surface area contributed by atoms with Crippen LogP contribution in [0.25, 0.3) is 0 Å². The summed E-state index contributed by atoms with van der Waals surface area (Å²) in [6, 6.07) is 5.15. The Bertz CT molecular complexity index is 739. The average Bonchev–Trinajstić information content (AvgIpc) is 2.52. The van der Waals surface area contributed by atoms with Crippen LogP contribution in [0, 0.1) is 10.1 Å². The van der Waals surface area contributed by atoms with Gasteiger partial charge in [-0.2, -0.15) is 5.10 Å². The van der Waals surface area contributed by atoms with Gasteiger partial charge in [0.1, 0.15) is 13.2 Å². The maximum Gasteiger partial charge on any atom is 0.358 e. The zero-order valence-electron chi connectivity index (χ0n) is 13.8.